The van der Waals surface area contributed by atoms with Gasteiger partial charge in [-0.2, -0.15) is 0 Å². The predicted octanol–water partition coefficient (Wildman–Crippen LogP) is 4.67. The van der Waals surface area contributed by atoms with Gasteiger partial charge in [-0.25, -0.2) is 0 Å². The van der Waals surface area contributed by atoms with E-state index in [9.17, 15) is 4.79 Å². The Morgan fingerprint density at radius 3 is 2.54 bits per heavy atom. The highest BCUT2D eigenvalue weighted by Gasteiger charge is 2.14. The first kappa shape index (κ1) is 20.8. The molecule has 1 aliphatic carbocycles. The number of anilines is 2. The highest BCUT2D eigenvalue weighted by atomic mass is 35.5. The fourth-order valence-electron chi connectivity index (χ4n) is 3.38. The van der Waals surface area contributed by atoms with Crippen molar-refractivity contribution in [1.82, 2.24) is 10.2 Å². The van der Waals surface area contributed by atoms with Gasteiger partial charge in [0.15, 0.2) is 5.11 Å². The van der Waals surface area contributed by atoms with Gasteiger partial charge in [-0.1, -0.05) is 36.6 Å². The molecule has 0 atom stereocenters. The highest BCUT2D eigenvalue weighted by molar-refractivity contribution is 7.80. The maximum absolute atomic E-state index is 12.4. The van der Waals surface area contributed by atoms with Crippen LogP contribution in [0.2, 0.25) is 5.02 Å². The summed E-state index contributed by atoms with van der Waals surface area (Å²) in [6, 6.07) is 5.42. The fourth-order valence-corrected chi connectivity index (χ4v) is 3.84. The lowest BCUT2D eigenvalue weighted by Gasteiger charge is -2.19. The first-order chi connectivity index (χ1) is 13.6. The van der Waals surface area contributed by atoms with E-state index >= 15 is 0 Å². The number of halogens is 1. The van der Waals surface area contributed by atoms with Gasteiger partial charge in [-0.15, -0.1) is 0 Å². The molecule has 2 aliphatic rings. The van der Waals surface area contributed by atoms with Gasteiger partial charge >= 0.3 is 0 Å². The van der Waals surface area contributed by atoms with Gasteiger partial charge in [0, 0.05) is 11.4 Å². The molecular formula is C21H27ClN4OS. The van der Waals surface area contributed by atoms with Crippen molar-refractivity contribution in [3.63, 3.8) is 0 Å². The third-order valence-corrected chi connectivity index (χ3v) is 5.34. The van der Waals surface area contributed by atoms with Gasteiger partial charge in [0.1, 0.15) is 0 Å². The smallest absolute Gasteiger partial charge is 0.238 e. The Balaban J connectivity index is 1.51. The number of nitrogens with one attached hydrogen (secondary N) is 3. The van der Waals surface area contributed by atoms with Gasteiger partial charge < -0.3 is 16.0 Å². The molecule has 1 aromatic carbocycles. The van der Waals surface area contributed by atoms with Crippen molar-refractivity contribution in [3.8, 4) is 0 Å². The zero-order chi connectivity index (χ0) is 19.8. The number of nitrogens with zero attached hydrogens (tertiary/aromatic N) is 1. The first-order valence-corrected chi connectivity index (χ1v) is 10.7. The van der Waals surface area contributed by atoms with E-state index in [1.807, 2.05) is 12.1 Å². The number of allylic oxidation sites excluding steroid dienone is 3. The van der Waals surface area contributed by atoms with Gasteiger partial charge in [0.2, 0.25) is 5.91 Å². The van der Waals surface area contributed by atoms with E-state index in [4.69, 9.17) is 23.8 Å². The molecule has 1 heterocycles. The molecule has 7 heteroatoms. The number of carbonyl (C=O) groups is 1. The molecule has 0 unspecified atom stereocenters. The number of likely N-dealkylation sites (tertiary alicyclic amines) is 1. The summed E-state index contributed by atoms with van der Waals surface area (Å²) in [5, 5.41) is 10.2. The number of benzene rings is 1. The molecule has 0 saturated carbocycles. The number of thiocarbonyl (C=S) groups is 1. The zero-order valence-corrected chi connectivity index (χ0v) is 17.5. The van der Waals surface area contributed by atoms with Crippen LogP contribution in [0.5, 0.6) is 0 Å². The number of rotatable bonds is 5. The van der Waals surface area contributed by atoms with E-state index in [0.717, 1.165) is 50.2 Å². The minimum atomic E-state index is -0.0299. The largest absolute Gasteiger partial charge is 0.333 e. The van der Waals surface area contributed by atoms with Crippen LogP contribution in [0.15, 0.2) is 42.1 Å². The molecule has 28 heavy (non-hydrogen) atoms. The van der Waals surface area contributed by atoms with Gasteiger partial charge in [-0.3, -0.25) is 9.69 Å². The van der Waals surface area contributed by atoms with Crippen LogP contribution in [0.3, 0.4) is 0 Å². The number of amides is 1. The second kappa shape index (κ2) is 10.6. The molecule has 1 saturated heterocycles. The normalized spacial score (nSPS) is 17.4. The van der Waals surface area contributed by atoms with Crippen molar-refractivity contribution >= 4 is 46.2 Å². The molecule has 3 rings (SSSR count). The first-order valence-electron chi connectivity index (χ1n) is 9.86. The predicted molar refractivity (Wildman–Crippen MR) is 121 cm³/mol. The molecule has 0 radical (unpaired) electrons. The highest BCUT2D eigenvalue weighted by Crippen LogP contribution is 2.25. The molecule has 150 valence electrons. The van der Waals surface area contributed by atoms with Gasteiger partial charge in [0.25, 0.3) is 0 Å². The van der Waals surface area contributed by atoms with E-state index < -0.39 is 0 Å². The monoisotopic (exact) mass is 418 g/mol. The Bertz CT molecular complexity index is 770. The van der Waals surface area contributed by atoms with Crippen LogP contribution in [0.25, 0.3) is 0 Å². The van der Waals surface area contributed by atoms with Crippen LogP contribution in [0, 0.1) is 0 Å². The quantitative estimate of drug-likeness (QED) is 0.606. The summed E-state index contributed by atoms with van der Waals surface area (Å²) < 4.78 is 0. The average Bonchev–Trinajstić information content (AvgIpc) is 2.93. The van der Waals surface area contributed by atoms with E-state index in [2.05, 4.69) is 33.0 Å². The van der Waals surface area contributed by atoms with Crippen molar-refractivity contribution in [2.75, 3.05) is 30.3 Å². The molecule has 1 amide bonds. The molecule has 0 bridgehead atoms. The number of hydrogen-bond donors (Lipinski definition) is 3. The summed E-state index contributed by atoms with van der Waals surface area (Å²) >= 11 is 11.7. The molecule has 0 spiro atoms. The van der Waals surface area contributed by atoms with Crippen molar-refractivity contribution in [2.45, 2.75) is 38.5 Å². The lowest BCUT2D eigenvalue weighted by molar-refractivity contribution is -0.117. The number of hydrogen-bond acceptors (Lipinski definition) is 3. The van der Waals surface area contributed by atoms with Crippen LogP contribution in [-0.4, -0.2) is 35.6 Å². The molecule has 5 nitrogen and oxygen atoms in total. The molecule has 1 aromatic rings. The molecule has 0 aromatic heterocycles. The van der Waals surface area contributed by atoms with Gasteiger partial charge in [-0.05, 0) is 75.3 Å². The molecule has 3 N–H and O–H groups in total. The van der Waals surface area contributed by atoms with Crippen molar-refractivity contribution in [1.29, 1.82) is 0 Å². The Hall–Kier alpha value is -1.89. The number of carbonyl (C=O) groups excluding carboxylic acids is 1. The van der Waals surface area contributed by atoms with Crippen LogP contribution in [0.4, 0.5) is 11.4 Å². The summed E-state index contributed by atoms with van der Waals surface area (Å²) in [4.78, 5) is 14.6. The summed E-state index contributed by atoms with van der Waals surface area (Å²) in [5.74, 6) is -0.0299. The van der Waals surface area contributed by atoms with Crippen LogP contribution >= 0.6 is 23.8 Å². The Morgan fingerprint density at radius 2 is 1.86 bits per heavy atom. The van der Waals surface area contributed by atoms with Crippen LogP contribution in [-0.2, 0) is 4.79 Å². The maximum atomic E-state index is 12.4. The zero-order valence-electron chi connectivity index (χ0n) is 16.0. The van der Waals surface area contributed by atoms with E-state index in [1.165, 1.54) is 12.8 Å². The van der Waals surface area contributed by atoms with Crippen molar-refractivity contribution < 1.29 is 4.79 Å². The lowest BCUT2D eigenvalue weighted by atomic mass is 10.1. The topological polar surface area (TPSA) is 56.4 Å². The van der Waals surface area contributed by atoms with Crippen LogP contribution < -0.4 is 16.0 Å². The summed E-state index contributed by atoms with van der Waals surface area (Å²) in [7, 11) is 0. The van der Waals surface area contributed by atoms with E-state index in [-0.39, 0.29) is 5.91 Å². The Morgan fingerprint density at radius 1 is 1.07 bits per heavy atom. The molecule has 1 aliphatic heterocycles. The van der Waals surface area contributed by atoms with E-state index in [0.29, 0.717) is 22.4 Å². The fraction of sp³-hybridized carbons (Fsp3) is 0.429. The van der Waals surface area contributed by atoms with Crippen molar-refractivity contribution in [2.24, 2.45) is 0 Å². The summed E-state index contributed by atoms with van der Waals surface area (Å²) in [6.07, 6.45) is 13.2. The SMILES string of the molecule is O=C(CN1CCCCCC1)Nc1ccc(NC(=S)NC2=CCCC=C2)cc1Cl. The maximum Gasteiger partial charge on any atom is 0.238 e. The average molecular weight is 419 g/mol. The third-order valence-electron chi connectivity index (χ3n) is 4.82. The van der Waals surface area contributed by atoms with Crippen molar-refractivity contribution in [3.05, 3.63) is 47.1 Å². The Kier molecular flexibility index (Phi) is 7.89. The van der Waals surface area contributed by atoms with Crippen LogP contribution in [0.1, 0.15) is 38.5 Å². The molecule has 1 fully saturated rings. The third kappa shape index (κ3) is 6.62. The summed E-state index contributed by atoms with van der Waals surface area (Å²) in [6.45, 7) is 2.38. The minimum absolute atomic E-state index is 0.0299. The lowest BCUT2D eigenvalue weighted by Crippen LogP contribution is -2.34. The Labute approximate surface area is 177 Å². The summed E-state index contributed by atoms with van der Waals surface area (Å²) in [5.41, 5.74) is 2.38. The second-order valence-corrected chi connectivity index (χ2v) is 7.97. The second-order valence-electron chi connectivity index (χ2n) is 7.15. The minimum Gasteiger partial charge on any atom is -0.333 e. The van der Waals surface area contributed by atoms with Gasteiger partial charge in [0.05, 0.1) is 17.3 Å². The standard InChI is InChI=1S/C21H27ClN4OS/c22-18-14-17(24-21(28)23-16-8-4-3-5-9-16)10-11-19(18)25-20(27)15-26-12-6-1-2-7-13-26/h4,8-11,14H,1-3,5-7,12-13,15H2,(H,25,27)(H2,23,24,28). The van der Waals surface area contributed by atoms with E-state index in [1.54, 1.807) is 12.1 Å². The molecular weight excluding hydrogens is 392 g/mol.